The number of furan rings is 1. The first kappa shape index (κ1) is 21.4. The van der Waals surface area contributed by atoms with Gasteiger partial charge in [0.05, 0.1) is 23.3 Å². The molecule has 10 nitrogen and oxygen atoms in total. The van der Waals surface area contributed by atoms with Crippen molar-refractivity contribution in [3.63, 3.8) is 0 Å². The Morgan fingerprint density at radius 3 is 2.29 bits per heavy atom. The fourth-order valence-electron chi connectivity index (χ4n) is 2.80. The number of urea groups is 1. The Labute approximate surface area is 178 Å². The summed E-state index contributed by atoms with van der Waals surface area (Å²) in [5, 5.41) is 19.1. The van der Waals surface area contributed by atoms with Crippen LogP contribution in [0.4, 0.5) is 27.5 Å². The molecule has 160 valence electrons. The molecule has 3 amide bonds. The lowest BCUT2D eigenvalue weighted by molar-refractivity contribution is -0.384. The number of carbonyl (C=O) groups excluding carboxylic acids is 2. The van der Waals surface area contributed by atoms with E-state index in [1.165, 1.54) is 24.5 Å². The van der Waals surface area contributed by atoms with E-state index >= 15 is 0 Å². The maximum absolute atomic E-state index is 12.7. The van der Waals surface area contributed by atoms with E-state index in [4.69, 9.17) is 4.42 Å². The van der Waals surface area contributed by atoms with Crippen molar-refractivity contribution in [2.24, 2.45) is 0 Å². The molecule has 0 aliphatic heterocycles. The van der Waals surface area contributed by atoms with E-state index in [1.807, 2.05) is 0 Å². The number of benzene rings is 2. The molecule has 0 aliphatic carbocycles. The van der Waals surface area contributed by atoms with Crippen LogP contribution in [0, 0.1) is 10.1 Å². The highest BCUT2D eigenvalue weighted by molar-refractivity contribution is 6.08. The second kappa shape index (κ2) is 9.44. The van der Waals surface area contributed by atoms with Crippen LogP contribution in [0.15, 0.2) is 65.3 Å². The maximum Gasteiger partial charge on any atom is 0.319 e. The van der Waals surface area contributed by atoms with Crippen molar-refractivity contribution >= 4 is 34.7 Å². The first-order chi connectivity index (χ1) is 14.8. The fraction of sp³-hybridized carbons (Fsp3) is 0.143. The first-order valence-corrected chi connectivity index (χ1v) is 9.28. The number of nitrogens with one attached hydrogen (secondary N) is 3. The van der Waals surface area contributed by atoms with E-state index in [0.717, 1.165) is 0 Å². The highest BCUT2D eigenvalue weighted by Gasteiger charge is 2.18. The topological polar surface area (TPSA) is 130 Å². The smallest absolute Gasteiger partial charge is 0.319 e. The van der Waals surface area contributed by atoms with Crippen LogP contribution >= 0.6 is 0 Å². The van der Waals surface area contributed by atoms with E-state index in [-0.39, 0.29) is 17.8 Å². The van der Waals surface area contributed by atoms with Gasteiger partial charge in [0.15, 0.2) is 0 Å². The Kier molecular flexibility index (Phi) is 6.51. The average molecular weight is 423 g/mol. The SMILES string of the molecule is CN(C)c1ccc([N+](=O)[O-])cc1C(=O)Nc1ccc(NC(=O)NCc2ccco2)cc1. The minimum Gasteiger partial charge on any atom is -0.467 e. The Bertz CT molecular complexity index is 1080. The lowest BCUT2D eigenvalue weighted by atomic mass is 10.1. The molecule has 31 heavy (non-hydrogen) atoms. The zero-order valence-electron chi connectivity index (χ0n) is 16.9. The lowest BCUT2D eigenvalue weighted by Crippen LogP contribution is -2.27. The third kappa shape index (κ3) is 5.60. The van der Waals surface area contributed by atoms with Crippen molar-refractivity contribution in [2.45, 2.75) is 6.54 Å². The molecule has 0 fully saturated rings. The third-order valence-corrected chi connectivity index (χ3v) is 4.32. The third-order valence-electron chi connectivity index (χ3n) is 4.32. The Balaban J connectivity index is 1.64. The van der Waals surface area contributed by atoms with Gasteiger partial charge in [0.1, 0.15) is 5.76 Å². The Morgan fingerprint density at radius 2 is 1.71 bits per heavy atom. The predicted molar refractivity (Wildman–Crippen MR) is 116 cm³/mol. The Morgan fingerprint density at radius 1 is 1.03 bits per heavy atom. The van der Waals surface area contributed by atoms with E-state index in [0.29, 0.717) is 22.8 Å². The van der Waals surface area contributed by atoms with Crippen LogP contribution in [0.2, 0.25) is 0 Å². The molecule has 3 aromatic rings. The van der Waals surface area contributed by atoms with Crippen molar-refractivity contribution in [2.75, 3.05) is 29.6 Å². The van der Waals surface area contributed by atoms with Crippen LogP contribution in [-0.2, 0) is 6.54 Å². The largest absolute Gasteiger partial charge is 0.467 e. The van der Waals surface area contributed by atoms with Crippen LogP contribution in [0.5, 0.6) is 0 Å². The molecule has 0 radical (unpaired) electrons. The summed E-state index contributed by atoms with van der Waals surface area (Å²) in [5.74, 6) is 0.149. The minimum absolute atomic E-state index is 0.171. The normalized spacial score (nSPS) is 10.3. The van der Waals surface area contributed by atoms with Gasteiger partial charge in [-0.05, 0) is 42.5 Å². The molecule has 2 aromatic carbocycles. The molecule has 0 saturated heterocycles. The zero-order chi connectivity index (χ0) is 22.4. The number of nitro groups is 1. The van der Waals surface area contributed by atoms with Gasteiger partial charge in [0, 0.05) is 43.3 Å². The molecule has 0 aliphatic rings. The number of non-ortho nitro benzene ring substituents is 1. The van der Waals surface area contributed by atoms with Crippen molar-refractivity contribution in [3.8, 4) is 0 Å². The molecular weight excluding hydrogens is 402 g/mol. The molecular formula is C21H21N5O5. The van der Waals surface area contributed by atoms with Crippen LogP contribution in [0.1, 0.15) is 16.1 Å². The molecule has 1 heterocycles. The molecule has 0 unspecified atom stereocenters. The van der Waals surface area contributed by atoms with Gasteiger partial charge in [0.2, 0.25) is 0 Å². The number of hydrogen-bond donors (Lipinski definition) is 3. The molecule has 0 bridgehead atoms. The van der Waals surface area contributed by atoms with E-state index in [2.05, 4.69) is 16.0 Å². The van der Waals surface area contributed by atoms with Gasteiger partial charge >= 0.3 is 6.03 Å². The molecule has 10 heteroatoms. The number of anilines is 3. The summed E-state index contributed by atoms with van der Waals surface area (Å²) in [4.78, 5) is 36.9. The number of nitrogens with zero attached hydrogens (tertiary/aromatic N) is 2. The summed E-state index contributed by atoms with van der Waals surface area (Å²) < 4.78 is 5.14. The van der Waals surface area contributed by atoms with Crippen molar-refractivity contribution < 1.29 is 18.9 Å². The summed E-state index contributed by atoms with van der Waals surface area (Å²) >= 11 is 0. The summed E-state index contributed by atoms with van der Waals surface area (Å²) in [6.45, 7) is 0.254. The fourth-order valence-corrected chi connectivity index (χ4v) is 2.80. The van der Waals surface area contributed by atoms with Gasteiger partial charge in [0.25, 0.3) is 11.6 Å². The predicted octanol–water partition coefficient (Wildman–Crippen LogP) is 3.83. The Hall–Kier alpha value is -4.34. The molecule has 1 aromatic heterocycles. The standard InChI is InChI=1S/C21H21N5O5/c1-25(2)19-10-9-16(26(29)30)12-18(19)20(27)23-14-5-7-15(8-6-14)24-21(28)22-13-17-4-3-11-31-17/h3-12H,13H2,1-2H3,(H,23,27)(H2,22,24,28). The highest BCUT2D eigenvalue weighted by Crippen LogP contribution is 2.25. The zero-order valence-corrected chi connectivity index (χ0v) is 16.9. The van der Waals surface area contributed by atoms with Crippen molar-refractivity contribution in [1.29, 1.82) is 0 Å². The molecule has 3 rings (SSSR count). The van der Waals surface area contributed by atoms with Gasteiger partial charge in [-0.2, -0.15) is 0 Å². The van der Waals surface area contributed by atoms with Gasteiger partial charge < -0.3 is 25.3 Å². The summed E-state index contributed by atoms with van der Waals surface area (Å²) in [6.07, 6.45) is 1.52. The number of rotatable bonds is 7. The van der Waals surface area contributed by atoms with E-state index in [9.17, 15) is 19.7 Å². The molecule has 0 saturated carbocycles. The number of nitro benzene ring substituents is 1. The minimum atomic E-state index is -0.548. The van der Waals surface area contributed by atoms with Crippen LogP contribution < -0.4 is 20.9 Å². The lowest BCUT2D eigenvalue weighted by Gasteiger charge is -2.17. The molecule has 0 spiro atoms. The molecule has 3 N–H and O–H groups in total. The van der Waals surface area contributed by atoms with Gasteiger partial charge in [-0.1, -0.05) is 0 Å². The highest BCUT2D eigenvalue weighted by atomic mass is 16.6. The van der Waals surface area contributed by atoms with Crippen LogP contribution in [0.3, 0.4) is 0 Å². The van der Waals surface area contributed by atoms with E-state index in [1.54, 1.807) is 55.4 Å². The maximum atomic E-state index is 12.7. The van der Waals surface area contributed by atoms with E-state index < -0.39 is 16.9 Å². The van der Waals surface area contributed by atoms with Gasteiger partial charge in [-0.25, -0.2) is 4.79 Å². The number of carbonyl (C=O) groups is 2. The number of amides is 3. The quantitative estimate of drug-likeness (QED) is 0.391. The molecule has 0 atom stereocenters. The number of hydrogen-bond acceptors (Lipinski definition) is 6. The second-order valence-electron chi connectivity index (χ2n) is 6.77. The van der Waals surface area contributed by atoms with Crippen LogP contribution in [0.25, 0.3) is 0 Å². The van der Waals surface area contributed by atoms with Crippen molar-refractivity contribution in [3.05, 3.63) is 82.3 Å². The monoisotopic (exact) mass is 423 g/mol. The second-order valence-corrected chi connectivity index (χ2v) is 6.77. The van der Waals surface area contributed by atoms with Gasteiger partial charge in [-0.3, -0.25) is 14.9 Å². The first-order valence-electron chi connectivity index (χ1n) is 9.28. The van der Waals surface area contributed by atoms with Crippen LogP contribution in [-0.4, -0.2) is 31.0 Å². The van der Waals surface area contributed by atoms with Crippen molar-refractivity contribution in [1.82, 2.24) is 5.32 Å². The summed E-state index contributed by atoms with van der Waals surface area (Å²) in [6, 6.07) is 13.7. The summed E-state index contributed by atoms with van der Waals surface area (Å²) in [5.41, 5.74) is 1.56. The van der Waals surface area contributed by atoms with Gasteiger partial charge in [-0.15, -0.1) is 0 Å². The summed E-state index contributed by atoms with van der Waals surface area (Å²) in [7, 11) is 3.49. The average Bonchev–Trinajstić information content (AvgIpc) is 3.27.